The van der Waals surface area contributed by atoms with E-state index in [1.807, 2.05) is 24.3 Å². The first-order valence-electron chi connectivity index (χ1n) is 12.6. The molecule has 2 N–H and O–H groups in total. The molecule has 1 aliphatic carbocycles. The first-order chi connectivity index (χ1) is 17.0. The second-order valence-corrected chi connectivity index (χ2v) is 10.9. The van der Waals surface area contributed by atoms with Gasteiger partial charge in [-0.3, -0.25) is 19.2 Å². The Morgan fingerprint density at radius 1 is 0.944 bits per heavy atom. The van der Waals surface area contributed by atoms with Gasteiger partial charge in [0.05, 0.1) is 0 Å². The van der Waals surface area contributed by atoms with Crippen molar-refractivity contribution in [1.29, 1.82) is 0 Å². The van der Waals surface area contributed by atoms with E-state index < -0.39 is 41.6 Å². The molecule has 190 valence electrons. The number of nitrogens with one attached hydrogen (secondary N) is 1. The molecule has 1 unspecified atom stereocenters. The number of amides is 2. The van der Waals surface area contributed by atoms with Gasteiger partial charge in [-0.15, -0.1) is 0 Å². The lowest BCUT2D eigenvalue weighted by atomic mass is 9.77. The predicted octanol–water partition coefficient (Wildman–Crippen LogP) is 4.08. The summed E-state index contributed by atoms with van der Waals surface area (Å²) in [6.07, 6.45) is 3.65. The van der Waals surface area contributed by atoms with Crippen LogP contribution in [0.4, 0.5) is 0 Å². The molecule has 1 atom stereocenters. The van der Waals surface area contributed by atoms with Crippen molar-refractivity contribution < 1.29 is 24.3 Å². The van der Waals surface area contributed by atoms with Crippen LogP contribution < -0.4 is 5.32 Å². The molecule has 2 fully saturated rings. The minimum atomic E-state index is -1.48. The number of nitrogens with zero attached hydrogens (tertiary/aromatic N) is 1. The van der Waals surface area contributed by atoms with Crippen LogP contribution in [0, 0.1) is 5.92 Å². The van der Waals surface area contributed by atoms with Crippen LogP contribution in [-0.2, 0) is 31.1 Å². The summed E-state index contributed by atoms with van der Waals surface area (Å²) in [6, 6.07) is 16.4. The van der Waals surface area contributed by atoms with E-state index in [9.17, 15) is 19.2 Å². The average Bonchev–Trinajstić information content (AvgIpc) is 3.04. The molecule has 1 saturated heterocycles. The Morgan fingerprint density at radius 2 is 1.50 bits per heavy atom. The van der Waals surface area contributed by atoms with E-state index in [1.54, 1.807) is 4.90 Å². The van der Waals surface area contributed by atoms with Crippen LogP contribution in [0.5, 0.6) is 0 Å². The van der Waals surface area contributed by atoms with Crippen molar-refractivity contribution in [2.75, 3.05) is 6.54 Å². The lowest BCUT2D eigenvalue weighted by Crippen LogP contribution is -2.50. The number of carbonyl (C=O) groups is 4. The van der Waals surface area contributed by atoms with Crippen molar-refractivity contribution in [2.45, 2.75) is 70.4 Å². The first-order valence-corrected chi connectivity index (χ1v) is 12.6. The first kappa shape index (κ1) is 25.6. The number of likely N-dealkylation sites (tertiary alicyclic amines) is 1. The maximum atomic E-state index is 13.4. The molecule has 2 aliphatic rings. The maximum absolute atomic E-state index is 13.4. The van der Waals surface area contributed by atoms with E-state index in [2.05, 4.69) is 50.4 Å². The van der Waals surface area contributed by atoms with Crippen molar-refractivity contribution in [3.05, 3.63) is 59.7 Å². The highest BCUT2D eigenvalue weighted by Crippen LogP contribution is 2.43. The van der Waals surface area contributed by atoms with Gasteiger partial charge in [0.15, 0.2) is 11.7 Å². The Morgan fingerprint density at radius 3 is 2.03 bits per heavy atom. The van der Waals surface area contributed by atoms with E-state index >= 15 is 0 Å². The summed E-state index contributed by atoms with van der Waals surface area (Å²) >= 11 is 0. The number of hydrogen-bond acceptors (Lipinski definition) is 4. The molecule has 2 amide bonds. The molecule has 7 nitrogen and oxygen atoms in total. The minimum Gasteiger partial charge on any atom is -0.480 e. The quantitative estimate of drug-likeness (QED) is 0.594. The number of carbonyl (C=O) groups excluding carboxylic acids is 3. The summed E-state index contributed by atoms with van der Waals surface area (Å²) in [5, 5.41) is 11.1. The lowest BCUT2D eigenvalue weighted by molar-refractivity contribution is -0.143. The highest BCUT2D eigenvalue weighted by molar-refractivity contribution is 6.25. The zero-order valence-electron chi connectivity index (χ0n) is 21.2. The van der Waals surface area contributed by atoms with Gasteiger partial charge in [-0.1, -0.05) is 88.6 Å². The molecule has 1 heterocycles. The predicted molar refractivity (Wildman–Crippen MR) is 136 cm³/mol. The number of carboxylic acid groups (broad SMARTS) is 1. The number of ketones is 1. The van der Waals surface area contributed by atoms with E-state index in [0.29, 0.717) is 12.8 Å². The van der Waals surface area contributed by atoms with Crippen LogP contribution in [0.1, 0.15) is 64.0 Å². The fourth-order valence-corrected chi connectivity index (χ4v) is 5.41. The molecular weight excluding hydrogens is 456 g/mol. The van der Waals surface area contributed by atoms with Crippen molar-refractivity contribution >= 4 is 23.6 Å². The number of carboxylic acids is 1. The molecule has 2 aromatic rings. The Hall–Kier alpha value is -3.48. The number of rotatable bonds is 6. The van der Waals surface area contributed by atoms with E-state index in [0.717, 1.165) is 36.0 Å². The topological polar surface area (TPSA) is 104 Å². The van der Waals surface area contributed by atoms with Crippen molar-refractivity contribution in [3.8, 4) is 11.1 Å². The lowest BCUT2D eigenvalue weighted by Gasteiger charge is -2.40. The van der Waals surface area contributed by atoms with Gasteiger partial charge in [0.25, 0.3) is 0 Å². The summed E-state index contributed by atoms with van der Waals surface area (Å²) in [5.74, 6) is -4.46. The largest absolute Gasteiger partial charge is 0.480 e. The molecule has 1 aliphatic heterocycles. The third-order valence-electron chi connectivity index (χ3n) is 7.49. The van der Waals surface area contributed by atoms with E-state index in [4.69, 9.17) is 5.11 Å². The minimum absolute atomic E-state index is 0.0829. The average molecular weight is 491 g/mol. The fourth-order valence-electron chi connectivity index (χ4n) is 5.41. The van der Waals surface area contributed by atoms with Crippen LogP contribution in [0.2, 0.25) is 0 Å². The third kappa shape index (κ3) is 4.92. The molecule has 2 aromatic carbocycles. The molecule has 7 heteroatoms. The Kier molecular flexibility index (Phi) is 7.03. The monoisotopic (exact) mass is 490 g/mol. The third-order valence-corrected chi connectivity index (χ3v) is 7.49. The molecule has 0 bridgehead atoms. The van der Waals surface area contributed by atoms with E-state index in [-0.39, 0.29) is 12.0 Å². The summed E-state index contributed by atoms with van der Waals surface area (Å²) in [6.45, 7) is 6.15. The maximum Gasteiger partial charge on any atom is 0.322 e. The zero-order chi connectivity index (χ0) is 26.1. The Labute approximate surface area is 211 Å². The number of hydrogen-bond donors (Lipinski definition) is 2. The van der Waals surface area contributed by atoms with Gasteiger partial charge in [0.1, 0.15) is 12.1 Å². The molecule has 4 rings (SSSR count). The molecule has 0 aromatic heterocycles. The normalized spacial score (nSPS) is 19.5. The second-order valence-electron chi connectivity index (χ2n) is 10.9. The van der Waals surface area contributed by atoms with Crippen LogP contribution >= 0.6 is 0 Å². The molecule has 0 radical (unpaired) electrons. The van der Waals surface area contributed by atoms with Crippen molar-refractivity contribution in [2.24, 2.45) is 5.92 Å². The summed E-state index contributed by atoms with van der Waals surface area (Å²) < 4.78 is 0. The smallest absolute Gasteiger partial charge is 0.322 e. The van der Waals surface area contributed by atoms with Crippen LogP contribution in [0.15, 0.2) is 48.5 Å². The van der Waals surface area contributed by atoms with Gasteiger partial charge >= 0.3 is 5.97 Å². The SMILES string of the molecule is CC(C)(C)c1ccc(-c2ccc(CN3C(=O)C(C(=O)NCC(=O)O)C(=O)C34CCCCC4)cc2)cc1. The van der Waals surface area contributed by atoms with Gasteiger partial charge in [0, 0.05) is 6.54 Å². The van der Waals surface area contributed by atoms with Crippen LogP contribution in [0.3, 0.4) is 0 Å². The highest BCUT2D eigenvalue weighted by Gasteiger charge is 2.60. The summed E-state index contributed by atoms with van der Waals surface area (Å²) in [7, 11) is 0. The number of Topliss-reactive ketones (excluding diaryl/α,β-unsaturated/α-hetero) is 1. The second kappa shape index (κ2) is 9.88. The highest BCUT2D eigenvalue weighted by atomic mass is 16.4. The molecule has 36 heavy (non-hydrogen) atoms. The van der Waals surface area contributed by atoms with Gasteiger partial charge in [0.2, 0.25) is 11.8 Å². The van der Waals surface area contributed by atoms with Gasteiger partial charge in [-0.05, 0) is 40.5 Å². The zero-order valence-corrected chi connectivity index (χ0v) is 21.2. The Bertz CT molecular complexity index is 1160. The van der Waals surface area contributed by atoms with Gasteiger partial charge < -0.3 is 15.3 Å². The van der Waals surface area contributed by atoms with E-state index in [1.165, 1.54) is 5.56 Å². The van der Waals surface area contributed by atoms with Crippen LogP contribution in [0.25, 0.3) is 11.1 Å². The summed E-state index contributed by atoms with van der Waals surface area (Å²) in [5.41, 5.74) is 3.38. The fraction of sp³-hybridized carbons (Fsp3) is 0.448. The van der Waals surface area contributed by atoms with Gasteiger partial charge in [-0.2, -0.15) is 0 Å². The molecular formula is C29H34N2O5. The van der Waals surface area contributed by atoms with Crippen LogP contribution in [-0.4, -0.2) is 45.7 Å². The van der Waals surface area contributed by atoms with Gasteiger partial charge in [-0.25, -0.2) is 0 Å². The van der Waals surface area contributed by atoms with Crippen molar-refractivity contribution in [1.82, 2.24) is 10.2 Å². The standard InChI is InChI=1S/C29H34N2O5/c1-28(2,3)22-13-11-21(12-14-22)20-9-7-19(8-10-20)18-31-27(36)24(26(35)30-17-23(32)33)25(34)29(31)15-5-4-6-16-29/h7-14,24H,4-6,15-18H2,1-3H3,(H,30,35)(H,32,33). The molecule has 1 saturated carbocycles. The molecule has 1 spiro atoms. The number of benzene rings is 2. The van der Waals surface area contributed by atoms with Crippen molar-refractivity contribution in [3.63, 3.8) is 0 Å². The summed E-state index contributed by atoms with van der Waals surface area (Å²) in [4.78, 5) is 51.9. The Balaban J connectivity index is 1.56. The number of aliphatic carboxylic acids is 1.